The van der Waals surface area contributed by atoms with Crippen LogP contribution in [0.5, 0.6) is 0 Å². The summed E-state index contributed by atoms with van der Waals surface area (Å²) in [7, 11) is 0. The molecule has 2 unspecified atom stereocenters. The first-order chi connectivity index (χ1) is 7.26. The molecule has 0 saturated carbocycles. The van der Waals surface area contributed by atoms with E-state index in [1.807, 2.05) is 34.6 Å². The molecule has 0 aromatic rings. The van der Waals surface area contributed by atoms with E-state index < -0.39 is 0 Å². The number of carbonyl (C=O) groups is 1. The highest BCUT2D eigenvalue weighted by molar-refractivity contribution is 5.81. The summed E-state index contributed by atoms with van der Waals surface area (Å²) in [4.78, 5) is 11.7. The summed E-state index contributed by atoms with van der Waals surface area (Å²) >= 11 is 0. The third-order valence-electron chi connectivity index (χ3n) is 2.22. The van der Waals surface area contributed by atoms with E-state index in [1.54, 1.807) is 0 Å². The third-order valence-corrected chi connectivity index (χ3v) is 2.22. The molecule has 0 aromatic heterocycles. The highest BCUT2D eigenvalue weighted by atomic mass is 16.2. The molecule has 4 nitrogen and oxygen atoms in total. The molecular formula is C12H26N2O2. The average Bonchev–Trinajstić information content (AvgIpc) is 2.11. The standard InChI is InChI=1S/C12H26N2O2/c1-9(7-6-8-15)13-10(2)11(16)14-12(3,4)5/h9-10,13,15H,6-8H2,1-5H3,(H,14,16). The van der Waals surface area contributed by atoms with Gasteiger partial charge in [0.15, 0.2) is 0 Å². The molecule has 0 fully saturated rings. The Bertz CT molecular complexity index is 212. The molecule has 0 spiro atoms. The second-order valence-corrected chi connectivity index (χ2v) is 5.39. The van der Waals surface area contributed by atoms with Gasteiger partial charge in [-0.3, -0.25) is 4.79 Å². The Morgan fingerprint density at radius 2 is 1.88 bits per heavy atom. The summed E-state index contributed by atoms with van der Waals surface area (Å²) in [5.74, 6) is 0.0170. The molecule has 0 bridgehead atoms. The minimum Gasteiger partial charge on any atom is -0.396 e. The van der Waals surface area contributed by atoms with Gasteiger partial charge in [0.05, 0.1) is 6.04 Å². The number of aliphatic hydroxyl groups is 1. The molecule has 0 heterocycles. The molecular weight excluding hydrogens is 204 g/mol. The predicted octanol–water partition coefficient (Wildman–Crippen LogP) is 1.04. The van der Waals surface area contributed by atoms with Crippen molar-refractivity contribution in [2.24, 2.45) is 0 Å². The Morgan fingerprint density at radius 1 is 1.31 bits per heavy atom. The SMILES string of the molecule is CC(CCCO)NC(C)C(=O)NC(C)(C)C. The Balaban J connectivity index is 3.95. The van der Waals surface area contributed by atoms with Crippen molar-refractivity contribution in [3.8, 4) is 0 Å². The van der Waals surface area contributed by atoms with E-state index in [9.17, 15) is 4.79 Å². The minimum absolute atomic E-state index is 0.0170. The summed E-state index contributed by atoms with van der Waals surface area (Å²) in [6.45, 7) is 9.98. The van der Waals surface area contributed by atoms with E-state index in [1.165, 1.54) is 0 Å². The Hall–Kier alpha value is -0.610. The van der Waals surface area contributed by atoms with Crippen LogP contribution in [0.2, 0.25) is 0 Å². The molecule has 0 aromatic carbocycles. The van der Waals surface area contributed by atoms with Crippen LogP contribution in [0.3, 0.4) is 0 Å². The van der Waals surface area contributed by atoms with Crippen molar-refractivity contribution in [1.82, 2.24) is 10.6 Å². The average molecular weight is 230 g/mol. The van der Waals surface area contributed by atoms with Crippen LogP contribution in [0.1, 0.15) is 47.5 Å². The monoisotopic (exact) mass is 230 g/mol. The molecule has 0 aliphatic carbocycles. The number of hydrogen-bond acceptors (Lipinski definition) is 3. The van der Waals surface area contributed by atoms with Gasteiger partial charge in [-0.1, -0.05) is 0 Å². The Morgan fingerprint density at radius 3 is 2.31 bits per heavy atom. The lowest BCUT2D eigenvalue weighted by molar-refractivity contribution is -0.124. The van der Waals surface area contributed by atoms with Crippen LogP contribution in [0.25, 0.3) is 0 Å². The van der Waals surface area contributed by atoms with Crippen molar-refractivity contribution < 1.29 is 9.90 Å². The third kappa shape index (κ3) is 7.65. The molecule has 3 N–H and O–H groups in total. The topological polar surface area (TPSA) is 61.4 Å². The van der Waals surface area contributed by atoms with Gasteiger partial charge in [0.1, 0.15) is 0 Å². The fourth-order valence-corrected chi connectivity index (χ4v) is 1.46. The molecule has 0 aliphatic heterocycles. The van der Waals surface area contributed by atoms with Crippen molar-refractivity contribution in [2.75, 3.05) is 6.61 Å². The van der Waals surface area contributed by atoms with Crippen LogP contribution in [-0.2, 0) is 4.79 Å². The van der Waals surface area contributed by atoms with Gasteiger partial charge in [0, 0.05) is 18.2 Å². The lowest BCUT2D eigenvalue weighted by Gasteiger charge is -2.25. The van der Waals surface area contributed by atoms with Gasteiger partial charge in [-0.2, -0.15) is 0 Å². The lowest BCUT2D eigenvalue weighted by atomic mass is 10.1. The lowest BCUT2D eigenvalue weighted by Crippen LogP contribution is -2.51. The molecule has 0 rings (SSSR count). The number of hydrogen-bond donors (Lipinski definition) is 3. The highest BCUT2D eigenvalue weighted by Crippen LogP contribution is 2.01. The van der Waals surface area contributed by atoms with E-state index in [2.05, 4.69) is 10.6 Å². The highest BCUT2D eigenvalue weighted by Gasteiger charge is 2.19. The van der Waals surface area contributed by atoms with Crippen molar-refractivity contribution in [3.05, 3.63) is 0 Å². The Kier molecular flexibility index (Phi) is 6.60. The first-order valence-electron chi connectivity index (χ1n) is 5.95. The zero-order chi connectivity index (χ0) is 12.8. The van der Waals surface area contributed by atoms with Gasteiger partial charge in [0.2, 0.25) is 5.91 Å². The first kappa shape index (κ1) is 15.4. The van der Waals surface area contributed by atoms with Gasteiger partial charge < -0.3 is 15.7 Å². The number of carbonyl (C=O) groups excluding carboxylic acids is 1. The molecule has 96 valence electrons. The molecule has 0 radical (unpaired) electrons. The van der Waals surface area contributed by atoms with E-state index in [0.29, 0.717) is 0 Å². The van der Waals surface area contributed by atoms with E-state index >= 15 is 0 Å². The van der Waals surface area contributed by atoms with Crippen molar-refractivity contribution in [3.63, 3.8) is 0 Å². The minimum atomic E-state index is -0.201. The molecule has 1 amide bonds. The first-order valence-corrected chi connectivity index (χ1v) is 5.95. The molecule has 2 atom stereocenters. The van der Waals surface area contributed by atoms with Crippen molar-refractivity contribution in [2.45, 2.75) is 65.1 Å². The van der Waals surface area contributed by atoms with Crippen LogP contribution < -0.4 is 10.6 Å². The van der Waals surface area contributed by atoms with Crippen LogP contribution >= 0.6 is 0 Å². The normalized spacial score (nSPS) is 15.6. The van der Waals surface area contributed by atoms with Gasteiger partial charge in [-0.25, -0.2) is 0 Å². The maximum absolute atomic E-state index is 11.7. The zero-order valence-corrected chi connectivity index (χ0v) is 11.1. The van der Waals surface area contributed by atoms with Crippen LogP contribution in [0.15, 0.2) is 0 Å². The smallest absolute Gasteiger partial charge is 0.237 e. The summed E-state index contributed by atoms with van der Waals surface area (Å²) in [5.41, 5.74) is -0.193. The number of amides is 1. The van der Waals surface area contributed by atoms with Gasteiger partial charge >= 0.3 is 0 Å². The van der Waals surface area contributed by atoms with Gasteiger partial charge in [-0.15, -0.1) is 0 Å². The van der Waals surface area contributed by atoms with Crippen molar-refractivity contribution in [1.29, 1.82) is 0 Å². The number of rotatable bonds is 6. The second-order valence-electron chi connectivity index (χ2n) is 5.39. The number of aliphatic hydroxyl groups excluding tert-OH is 1. The fourth-order valence-electron chi connectivity index (χ4n) is 1.46. The van der Waals surface area contributed by atoms with E-state index in [0.717, 1.165) is 12.8 Å². The molecule has 16 heavy (non-hydrogen) atoms. The maximum atomic E-state index is 11.7. The number of nitrogens with one attached hydrogen (secondary N) is 2. The van der Waals surface area contributed by atoms with Gasteiger partial charge in [0.25, 0.3) is 0 Å². The summed E-state index contributed by atoms with van der Waals surface area (Å²) in [5, 5.41) is 14.8. The Labute approximate surface area is 98.8 Å². The predicted molar refractivity (Wildman–Crippen MR) is 66.3 cm³/mol. The molecule has 4 heteroatoms. The van der Waals surface area contributed by atoms with Gasteiger partial charge in [-0.05, 0) is 47.5 Å². The summed E-state index contributed by atoms with van der Waals surface area (Å²) in [6.07, 6.45) is 1.64. The molecule has 0 aliphatic rings. The summed E-state index contributed by atoms with van der Waals surface area (Å²) < 4.78 is 0. The van der Waals surface area contributed by atoms with Crippen molar-refractivity contribution >= 4 is 5.91 Å². The van der Waals surface area contributed by atoms with E-state index in [4.69, 9.17) is 5.11 Å². The summed E-state index contributed by atoms with van der Waals surface area (Å²) in [6, 6.07) is 0.0424. The second kappa shape index (κ2) is 6.86. The van der Waals surface area contributed by atoms with Crippen LogP contribution in [0.4, 0.5) is 0 Å². The largest absolute Gasteiger partial charge is 0.396 e. The zero-order valence-electron chi connectivity index (χ0n) is 11.1. The maximum Gasteiger partial charge on any atom is 0.237 e. The van der Waals surface area contributed by atoms with Crippen LogP contribution in [-0.4, -0.2) is 35.2 Å². The van der Waals surface area contributed by atoms with E-state index in [-0.39, 0.29) is 30.1 Å². The quantitative estimate of drug-likeness (QED) is 0.639. The van der Waals surface area contributed by atoms with Crippen LogP contribution in [0, 0.1) is 0 Å². The fraction of sp³-hybridized carbons (Fsp3) is 0.917. The molecule has 0 saturated heterocycles.